The molecule has 3 aromatic rings. The van der Waals surface area contributed by atoms with Gasteiger partial charge in [-0.1, -0.05) is 42.5 Å². The molecule has 0 bridgehead atoms. The lowest BCUT2D eigenvalue weighted by Crippen LogP contribution is -2.11. The molecule has 1 N–H and O–H groups in total. The number of hydrogen-bond acceptors (Lipinski definition) is 2. The van der Waals surface area contributed by atoms with Gasteiger partial charge in [0.05, 0.1) is 6.54 Å². The molecule has 0 aliphatic carbocycles. The molecule has 0 atom stereocenters. The van der Waals surface area contributed by atoms with E-state index in [1.54, 1.807) is 12.1 Å². The molecule has 0 radical (unpaired) electrons. The van der Waals surface area contributed by atoms with E-state index in [4.69, 9.17) is 4.42 Å². The molecule has 0 saturated carbocycles. The number of halogens is 2. The standard InChI is InChI=1S/C18H16FNO.ClH/c19-16-8-6-14(7-9-16)12-20-13-17-10-11-18(21-17)15-4-2-1-3-5-15;/h1-11,20H,12-13H2;1H. The first-order chi connectivity index (χ1) is 10.3. The Morgan fingerprint density at radius 1 is 0.818 bits per heavy atom. The van der Waals surface area contributed by atoms with Crippen LogP contribution in [0.2, 0.25) is 0 Å². The maximum Gasteiger partial charge on any atom is 0.134 e. The summed E-state index contributed by atoms with van der Waals surface area (Å²) in [7, 11) is 0. The second-order valence-corrected chi connectivity index (χ2v) is 4.86. The van der Waals surface area contributed by atoms with Crippen molar-refractivity contribution in [3.63, 3.8) is 0 Å². The van der Waals surface area contributed by atoms with Crippen LogP contribution < -0.4 is 5.32 Å². The summed E-state index contributed by atoms with van der Waals surface area (Å²) in [5.41, 5.74) is 2.12. The van der Waals surface area contributed by atoms with E-state index in [1.807, 2.05) is 42.5 Å². The maximum atomic E-state index is 12.8. The highest BCUT2D eigenvalue weighted by atomic mass is 35.5. The monoisotopic (exact) mass is 317 g/mol. The molecule has 2 nitrogen and oxygen atoms in total. The predicted octanol–water partition coefficient (Wildman–Crippen LogP) is 4.80. The van der Waals surface area contributed by atoms with Crippen LogP contribution in [-0.2, 0) is 13.1 Å². The van der Waals surface area contributed by atoms with Crippen LogP contribution >= 0.6 is 12.4 Å². The van der Waals surface area contributed by atoms with Gasteiger partial charge in [0.15, 0.2) is 0 Å². The molecule has 1 aromatic heterocycles. The second-order valence-electron chi connectivity index (χ2n) is 4.86. The van der Waals surface area contributed by atoms with Crippen LogP contribution in [0.3, 0.4) is 0 Å². The Morgan fingerprint density at radius 3 is 2.27 bits per heavy atom. The van der Waals surface area contributed by atoms with Gasteiger partial charge in [0.1, 0.15) is 17.3 Å². The summed E-state index contributed by atoms with van der Waals surface area (Å²) in [6.07, 6.45) is 0. The van der Waals surface area contributed by atoms with Crippen molar-refractivity contribution >= 4 is 12.4 Å². The summed E-state index contributed by atoms with van der Waals surface area (Å²) in [6.45, 7) is 1.33. The van der Waals surface area contributed by atoms with Crippen molar-refractivity contribution in [1.29, 1.82) is 0 Å². The van der Waals surface area contributed by atoms with E-state index in [2.05, 4.69) is 5.32 Å². The van der Waals surface area contributed by atoms with Gasteiger partial charge in [-0.25, -0.2) is 4.39 Å². The van der Waals surface area contributed by atoms with E-state index in [1.165, 1.54) is 12.1 Å². The van der Waals surface area contributed by atoms with Gasteiger partial charge in [0.25, 0.3) is 0 Å². The Hall–Kier alpha value is -2.10. The SMILES string of the molecule is Cl.Fc1ccc(CNCc2ccc(-c3ccccc3)o2)cc1. The summed E-state index contributed by atoms with van der Waals surface area (Å²) in [5.74, 6) is 1.54. The zero-order valence-electron chi connectivity index (χ0n) is 12.0. The van der Waals surface area contributed by atoms with E-state index in [0.717, 1.165) is 22.6 Å². The number of rotatable bonds is 5. The van der Waals surface area contributed by atoms with Gasteiger partial charge in [0, 0.05) is 12.1 Å². The normalized spacial score (nSPS) is 10.2. The topological polar surface area (TPSA) is 25.2 Å². The van der Waals surface area contributed by atoms with Crippen LogP contribution in [0.25, 0.3) is 11.3 Å². The second kappa shape index (κ2) is 7.78. The zero-order chi connectivity index (χ0) is 14.5. The van der Waals surface area contributed by atoms with Gasteiger partial charge in [-0.15, -0.1) is 12.4 Å². The van der Waals surface area contributed by atoms with Crippen molar-refractivity contribution in [3.05, 3.63) is 83.9 Å². The number of furan rings is 1. The molecule has 0 unspecified atom stereocenters. The van der Waals surface area contributed by atoms with Gasteiger partial charge in [0.2, 0.25) is 0 Å². The molecule has 0 saturated heterocycles. The van der Waals surface area contributed by atoms with E-state index >= 15 is 0 Å². The lowest BCUT2D eigenvalue weighted by atomic mass is 10.2. The summed E-state index contributed by atoms with van der Waals surface area (Å²) in [6, 6.07) is 20.5. The fourth-order valence-corrected chi connectivity index (χ4v) is 2.16. The van der Waals surface area contributed by atoms with E-state index in [-0.39, 0.29) is 18.2 Å². The fourth-order valence-electron chi connectivity index (χ4n) is 2.16. The Labute approximate surface area is 135 Å². The van der Waals surface area contributed by atoms with Gasteiger partial charge in [-0.2, -0.15) is 0 Å². The third-order valence-electron chi connectivity index (χ3n) is 3.26. The summed E-state index contributed by atoms with van der Waals surface area (Å²) >= 11 is 0. The van der Waals surface area contributed by atoms with Gasteiger partial charge < -0.3 is 9.73 Å². The minimum Gasteiger partial charge on any atom is -0.460 e. The van der Waals surface area contributed by atoms with Crippen LogP contribution in [0.4, 0.5) is 4.39 Å². The molecule has 22 heavy (non-hydrogen) atoms. The number of nitrogens with one attached hydrogen (secondary N) is 1. The van der Waals surface area contributed by atoms with Crippen LogP contribution in [0, 0.1) is 5.82 Å². The van der Waals surface area contributed by atoms with Crippen molar-refractivity contribution in [3.8, 4) is 11.3 Å². The highest BCUT2D eigenvalue weighted by Crippen LogP contribution is 2.21. The fraction of sp³-hybridized carbons (Fsp3) is 0.111. The van der Waals surface area contributed by atoms with Crippen molar-refractivity contribution in [2.75, 3.05) is 0 Å². The van der Waals surface area contributed by atoms with Crippen LogP contribution in [0.15, 0.2) is 71.1 Å². The summed E-state index contributed by atoms with van der Waals surface area (Å²) in [4.78, 5) is 0. The first-order valence-electron chi connectivity index (χ1n) is 6.90. The third-order valence-corrected chi connectivity index (χ3v) is 3.26. The molecule has 0 amide bonds. The first-order valence-corrected chi connectivity index (χ1v) is 6.90. The zero-order valence-corrected chi connectivity index (χ0v) is 12.8. The molecular weight excluding hydrogens is 301 g/mol. The lowest BCUT2D eigenvalue weighted by Gasteiger charge is -2.03. The van der Waals surface area contributed by atoms with Crippen molar-refractivity contribution < 1.29 is 8.81 Å². The quantitative estimate of drug-likeness (QED) is 0.731. The van der Waals surface area contributed by atoms with E-state index in [0.29, 0.717) is 13.1 Å². The van der Waals surface area contributed by atoms with E-state index in [9.17, 15) is 4.39 Å². The van der Waals surface area contributed by atoms with Crippen LogP contribution in [0.1, 0.15) is 11.3 Å². The molecule has 4 heteroatoms. The molecule has 0 spiro atoms. The molecule has 3 rings (SSSR count). The average Bonchev–Trinajstić information content (AvgIpc) is 2.99. The predicted molar refractivity (Wildman–Crippen MR) is 88.3 cm³/mol. The van der Waals surface area contributed by atoms with Gasteiger partial charge in [-0.05, 0) is 29.8 Å². The summed E-state index contributed by atoms with van der Waals surface area (Å²) in [5, 5.41) is 3.29. The molecule has 0 aliphatic rings. The molecule has 0 fully saturated rings. The Morgan fingerprint density at radius 2 is 1.55 bits per heavy atom. The number of benzene rings is 2. The third kappa shape index (κ3) is 4.20. The molecule has 1 heterocycles. The Balaban J connectivity index is 0.00000176. The minimum atomic E-state index is -0.211. The van der Waals surface area contributed by atoms with Gasteiger partial charge >= 0.3 is 0 Å². The highest BCUT2D eigenvalue weighted by Gasteiger charge is 2.04. The van der Waals surface area contributed by atoms with Crippen LogP contribution in [-0.4, -0.2) is 0 Å². The first kappa shape index (κ1) is 16.3. The Kier molecular flexibility index (Phi) is 5.75. The molecule has 2 aromatic carbocycles. The molecular formula is C18H17ClFNO. The summed E-state index contributed by atoms with van der Waals surface area (Å²) < 4.78 is 18.6. The molecule has 0 aliphatic heterocycles. The van der Waals surface area contributed by atoms with E-state index < -0.39 is 0 Å². The van der Waals surface area contributed by atoms with Crippen molar-refractivity contribution in [2.45, 2.75) is 13.1 Å². The smallest absolute Gasteiger partial charge is 0.134 e. The maximum absolute atomic E-state index is 12.8. The molecule has 114 valence electrons. The lowest BCUT2D eigenvalue weighted by molar-refractivity contribution is 0.493. The van der Waals surface area contributed by atoms with Gasteiger partial charge in [-0.3, -0.25) is 0 Å². The largest absolute Gasteiger partial charge is 0.460 e. The Bertz CT molecular complexity index is 695. The van der Waals surface area contributed by atoms with Crippen molar-refractivity contribution in [2.24, 2.45) is 0 Å². The van der Waals surface area contributed by atoms with Crippen LogP contribution in [0.5, 0.6) is 0 Å². The number of hydrogen-bond donors (Lipinski definition) is 1. The average molecular weight is 318 g/mol. The highest BCUT2D eigenvalue weighted by molar-refractivity contribution is 5.85. The minimum absolute atomic E-state index is 0. The van der Waals surface area contributed by atoms with Crippen molar-refractivity contribution in [1.82, 2.24) is 5.32 Å².